The van der Waals surface area contributed by atoms with Gasteiger partial charge in [0.15, 0.2) is 5.11 Å². The average Bonchev–Trinajstić information content (AvgIpc) is 3.28. The maximum atomic E-state index is 13.5. The van der Waals surface area contributed by atoms with E-state index in [1.165, 1.54) is 23.3 Å². The number of hydrogen-bond acceptors (Lipinski definition) is 5. The first-order chi connectivity index (χ1) is 16.5. The molecule has 34 heavy (non-hydrogen) atoms. The van der Waals surface area contributed by atoms with E-state index in [4.69, 9.17) is 21.9 Å². The molecule has 0 unspecified atom stereocenters. The number of halogens is 1. The van der Waals surface area contributed by atoms with Gasteiger partial charge in [-0.2, -0.15) is 4.98 Å². The average molecular weight is 478 g/mol. The van der Waals surface area contributed by atoms with E-state index >= 15 is 0 Å². The van der Waals surface area contributed by atoms with E-state index in [0.29, 0.717) is 30.8 Å². The molecular formula is C26H28FN5OS. The Hall–Kier alpha value is -3.10. The van der Waals surface area contributed by atoms with Gasteiger partial charge in [-0.1, -0.05) is 36.4 Å². The first-order valence-electron chi connectivity index (χ1n) is 11.6. The fourth-order valence-corrected chi connectivity index (χ4v) is 4.96. The van der Waals surface area contributed by atoms with E-state index < -0.39 is 0 Å². The van der Waals surface area contributed by atoms with Crippen LogP contribution in [0.25, 0.3) is 0 Å². The van der Waals surface area contributed by atoms with Crippen molar-refractivity contribution in [1.82, 2.24) is 15.3 Å². The lowest BCUT2D eigenvalue weighted by Gasteiger charge is -2.38. The molecule has 2 N–H and O–H groups in total. The van der Waals surface area contributed by atoms with Crippen molar-refractivity contribution < 1.29 is 9.13 Å². The number of aryl methyl sites for hydroxylation is 1. The number of nitrogens with one attached hydrogen (secondary N) is 2. The molecule has 0 atom stereocenters. The second-order valence-corrected chi connectivity index (χ2v) is 9.43. The Morgan fingerprint density at radius 3 is 2.41 bits per heavy atom. The fraction of sp³-hybridized carbons (Fsp3) is 0.346. The van der Waals surface area contributed by atoms with Gasteiger partial charge in [0.25, 0.3) is 0 Å². The molecule has 1 fully saturated rings. The van der Waals surface area contributed by atoms with Crippen LogP contribution in [0, 0.1) is 12.7 Å². The Morgan fingerprint density at radius 1 is 1.06 bits per heavy atom. The van der Waals surface area contributed by atoms with Crippen molar-refractivity contribution in [2.45, 2.75) is 38.3 Å². The Balaban J connectivity index is 1.27. The highest BCUT2D eigenvalue weighted by molar-refractivity contribution is 7.80. The summed E-state index contributed by atoms with van der Waals surface area (Å²) in [5, 5.41) is 6.99. The standard InChI is InChI=1S/C26H28FN5OS/c1-18-14-23(32-15-19-4-2-3-5-20(19)16-32)30-24(29-18)31-25(34)28-17-26(10-12-33-13-11-26)21-6-8-22(27)9-7-21/h2-9,14H,10-13,15-17H2,1H3,(H2,28,29,30,31,34). The Morgan fingerprint density at radius 2 is 1.74 bits per heavy atom. The quantitative estimate of drug-likeness (QED) is 0.526. The summed E-state index contributed by atoms with van der Waals surface area (Å²) in [4.78, 5) is 11.5. The highest BCUT2D eigenvalue weighted by Crippen LogP contribution is 2.34. The number of fused-ring (bicyclic) bond motifs is 1. The predicted octanol–water partition coefficient (Wildman–Crippen LogP) is 4.48. The van der Waals surface area contributed by atoms with Gasteiger partial charge in [-0.05, 0) is 60.8 Å². The molecule has 3 heterocycles. The van der Waals surface area contributed by atoms with Crippen molar-refractivity contribution in [1.29, 1.82) is 0 Å². The lowest BCUT2D eigenvalue weighted by molar-refractivity contribution is 0.0515. The van der Waals surface area contributed by atoms with E-state index in [2.05, 4.69) is 44.8 Å². The Kier molecular flexibility index (Phi) is 6.43. The van der Waals surface area contributed by atoms with Gasteiger partial charge in [-0.25, -0.2) is 9.37 Å². The van der Waals surface area contributed by atoms with Crippen molar-refractivity contribution >= 4 is 29.1 Å². The molecule has 1 saturated heterocycles. The van der Waals surface area contributed by atoms with Crippen LogP contribution in [-0.2, 0) is 23.2 Å². The molecule has 8 heteroatoms. The molecule has 0 saturated carbocycles. The molecular weight excluding hydrogens is 449 g/mol. The van der Waals surface area contributed by atoms with E-state index in [9.17, 15) is 4.39 Å². The zero-order chi connectivity index (χ0) is 23.5. The third kappa shape index (κ3) is 4.88. The van der Waals surface area contributed by atoms with Gasteiger partial charge in [-0.15, -0.1) is 0 Å². The Bertz CT molecular complexity index is 1160. The van der Waals surface area contributed by atoms with Gasteiger partial charge < -0.3 is 20.3 Å². The number of anilines is 2. The lowest BCUT2D eigenvalue weighted by atomic mass is 9.74. The van der Waals surface area contributed by atoms with Crippen molar-refractivity contribution in [3.63, 3.8) is 0 Å². The third-order valence-corrected chi connectivity index (χ3v) is 6.97. The number of rotatable bonds is 5. The molecule has 2 aliphatic heterocycles. The van der Waals surface area contributed by atoms with Gasteiger partial charge in [0, 0.05) is 50.0 Å². The normalized spacial score (nSPS) is 16.7. The molecule has 0 spiro atoms. The summed E-state index contributed by atoms with van der Waals surface area (Å²) in [5.41, 5.74) is 4.45. The number of aromatic nitrogens is 2. The van der Waals surface area contributed by atoms with Crippen LogP contribution in [0.5, 0.6) is 0 Å². The molecule has 0 radical (unpaired) electrons. The van der Waals surface area contributed by atoms with Gasteiger partial charge >= 0.3 is 0 Å². The molecule has 2 aliphatic rings. The maximum absolute atomic E-state index is 13.5. The van der Waals surface area contributed by atoms with Crippen LogP contribution in [0.1, 0.15) is 35.2 Å². The number of ether oxygens (including phenoxy) is 1. The first kappa shape index (κ1) is 22.7. The molecule has 0 bridgehead atoms. The van der Waals surface area contributed by atoms with Crippen molar-refractivity contribution in [2.75, 3.05) is 30.0 Å². The van der Waals surface area contributed by atoms with E-state index in [0.717, 1.165) is 43.0 Å². The van der Waals surface area contributed by atoms with Crippen LogP contribution in [0.15, 0.2) is 54.6 Å². The molecule has 0 aliphatic carbocycles. The molecule has 1 aromatic heterocycles. The number of benzene rings is 2. The van der Waals surface area contributed by atoms with Crippen LogP contribution in [0.2, 0.25) is 0 Å². The minimum absolute atomic E-state index is 0.169. The number of hydrogen-bond donors (Lipinski definition) is 2. The second-order valence-electron chi connectivity index (χ2n) is 9.02. The highest BCUT2D eigenvalue weighted by Gasteiger charge is 2.34. The molecule has 2 aromatic carbocycles. The van der Waals surface area contributed by atoms with Crippen LogP contribution in [-0.4, -0.2) is 34.8 Å². The third-order valence-electron chi connectivity index (χ3n) is 6.72. The predicted molar refractivity (Wildman–Crippen MR) is 135 cm³/mol. The van der Waals surface area contributed by atoms with Gasteiger partial charge in [0.2, 0.25) is 5.95 Å². The van der Waals surface area contributed by atoms with Crippen LogP contribution >= 0.6 is 12.2 Å². The molecule has 0 amide bonds. The number of thiocarbonyl (C=S) groups is 1. The van der Waals surface area contributed by atoms with Crippen molar-refractivity contribution in [3.05, 3.63) is 82.8 Å². The van der Waals surface area contributed by atoms with Crippen LogP contribution in [0.3, 0.4) is 0 Å². The SMILES string of the molecule is Cc1cc(N2Cc3ccccc3C2)nc(NC(=S)NCC2(c3ccc(F)cc3)CCOCC2)n1. The van der Waals surface area contributed by atoms with Gasteiger partial charge in [0.05, 0.1) is 0 Å². The van der Waals surface area contributed by atoms with Crippen LogP contribution < -0.4 is 15.5 Å². The summed E-state index contributed by atoms with van der Waals surface area (Å²) in [7, 11) is 0. The minimum atomic E-state index is -0.232. The smallest absolute Gasteiger partial charge is 0.231 e. The maximum Gasteiger partial charge on any atom is 0.231 e. The van der Waals surface area contributed by atoms with E-state index in [-0.39, 0.29) is 11.2 Å². The number of nitrogens with zero attached hydrogens (tertiary/aromatic N) is 3. The lowest BCUT2D eigenvalue weighted by Crippen LogP contribution is -2.45. The topological polar surface area (TPSA) is 62.3 Å². The summed E-state index contributed by atoms with van der Waals surface area (Å²) in [6, 6.07) is 17.2. The fourth-order valence-electron chi connectivity index (χ4n) is 4.79. The molecule has 5 rings (SSSR count). The Labute approximate surface area is 204 Å². The van der Waals surface area contributed by atoms with Gasteiger partial charge in [0.1, 0.15) is 11.6 Å². The van der Waals surface area contributed by atoms with Crippen LogP contribution in [0.4, 0.5) is 16.2 Å². The monoisotopic (exact) mass is 477 g/mol. The summed E-state index contributed by atoms with van der Waals surface area (Å²) in [5.74, 6) is 1.12. The summed E-state index contributed by atoms with van der Waals surface area (Å²) in [6.45, 7) is 5.58. The van der Waals surface area contributed by atoms with Crippen molar-refractivity contribution in [2.24, 2.45) is 0 Å². The second kappa shape index (κ2) is 9.64. The summed E-state index contributed by atoms with van der Waals surface area (Å²) in [6.07, 6.45) is 1.68. The summed E-state index contributed by atoms with van der Waals surface area (Å²) < 4.78 is 19.1. The minimum Gasteiger partial charge on any atom is -0.381 e. The van der Waals surface area contributed by atoms with Crippen molar-refractivity contribution in [3.8, 4) is 0 Å². The molecule has 176 valence electrons. The highest BCUT2D eigenvalue weighted by atomic mass is 32.1. The largest absolute Gasteiger partial charge is 0.381 e. The zero-order valence-electron chi connectivity index (χ0n) is 19.2. The first-order valence-corrected chi connectivity index (χ1v) is 12.0. The van der Waals surface area contributed by atoms with E-state index in [1.54, 1.807) is 0 Å². The zero-order valence-corrected chi connectivity index (χ0v) is 20.0. The van der Waals surface area contributed by atoms with Gasteiger partial charge in [-0.3, -0.25) is 0 Å². The van der Waals surface area contributed by atoms with E-state index in [1.807, 2.05) is 25.1 Å². The summed E-state index contributed by atoms with van der Waals surface area (Å²) >= 11 is 5.60. The molecule has 3 aromatic rings. The molecule has 6 nitrogen and oxygen atoms in total.